The molecule has 4 N–H and O–H groups in total. The predicted octanol–water partition coefficient (Wildman–Crippen LogP) is 1.92. The largest absolute Gasteiger partial charge is 0.394 e. The molecule has 0 fully saturated rings. The molecule has 0 aromatic carbocycles. The SMILES string of the molecule is CCCCCCCCCCCCN(C[C@@H](O)CO)C[C@@H](O)CO. The minimum atomic E-state index is -0.788. The second-order valence-corrected chi connectivity index (χ2v) is 6.61. The Bertz CT molecular complexity index is 229. The highest BCUT2D eigenvalue weighted by Crippen LogP contribution is 2.11. The van der Waals surface area contributed by atoms with Gasteiger partial charge in [-0.1, -0.05) is 64.7 Å². The Morgan fingerprint density at radius 1 is 0.652 bits per heavy atom. The zero-order valence-electron chi connectivity index (χ0n) is 15.0. The molecule has 0 saturated heterocycles. The zero-order valence-corrected chi connectivity index (χ0v) is 15.0. The van der Waals surface area contributed by atoms with E-state index in [1.807, 2.05) is 4.90 Å². The molecule has 0 amide bonds. The van der Waals surface area contributed by atoms with E-state index in [4.69, 9.17) is 10.2 Å². The molecule has 0 bridgehead atoms. The van der Waals surface area contributed by atoms with Gasteiger partial charge in [0.25, 0.3) is 0 Å². The first-order valence-electron chi connectivity index (χ1n) is 9.44. The second-order valence-electron chi connectivity index (χ2n) is 6.61. The third kappa shape index (κ3) is 15.1. The number of nitrogens with zero attached hydrogens (tertiary/aromatic N) is 1. The summed E-state index contributed by atoms with van der Waals surface area (Å²) in [7, 11) is 0. The highest BCUT2D eigenvalue weighted by Gasteiger charge is 2.14. The normalized spacial score (nSPS) is 14.3. The molecule has 5 nitrogen and oxygen atoms in total. The minimum Gasteiger partial charge on any atom is -0.394 e. The van der Waals surface area contributed by atoms with Crippen LogP contribution >= 0.6 is 0 Å². The molecule has 0 aliphatic rings. The van der Waals surface area contributed by atoms with Gasteiger partial charge in [-0.05, 0) is 13.0 Å². The first-order chi connectivity index (χ1) is 11.1. The third-order valence-corrected chi connectivity index (χ3v) is 4.19. The summed E-state index contributed by atoms with van der Waals surface area (Å²) >= 11 is 0. The lowest BCUT2D eigenvalue weighted by molar-refractivity contribution is 0.0228. The van der Waals surface area contributed by atoms with Crippen molar-refractivity contribution in [2.45, 2.75) is 83.3 Å². The topological polar surface area (TPSA) is 84.2 Å². The Balaban J connectivity index is 3.65. The standard InChI is InChI=1S/C18H39NO4/c1-2-3-4-5-6-7-8-9-10-11-12-19(13-17(22)15-20)14-18(23)16-21/h17-18,20-23H,2-16H2,1H3/t17-,18-/m1/s1. The van der Waals surface area contributed by atoms with E-state index in [-0.39, 0.29) is 13.2 Å². The summed E-state index contributed by atoms with van der Waals surface area (Å²) in [5.41, 5.74) is 0. The number of hydrogen-bond acceptors (Lipinski definition) is 5. The van der Waals surface area contributed by atoms with Crippen LogP contribution in [0.25, 0.3) is 0 Å². The van der Waals surface area contributed by atoms with Crippen LogP contribution in [0.2, 0.25) is 0 Å². The average molecular weight is 334 g/mol. The molecule has 0 aromatic heterocycles. The van der Waals surface area contributed by atoms with E-state index in [2.05, 4.69) is 6.92 Å². The molecule has 0 rings (SSSR count). The lowest BCUT2D eigenvalue weighted by Gasteiger charge is -2.26. The van der Waals surface area contributed by atoms with Gasteiger partial charge in [0.15, 0.2) is 0 Å². The molecule has 0 aromatic rings. The van der Waals surface area contributed by atoms with Crippen LogP contribution in [-0.2, 0) is 0 Å². The maximum atomic E-state index is 9.54. The summed E-state index contributed by atoms with van der Waals surface area (Å²) in [6.07, 6.45) is 11.2. The fraction of sp³-hybridized carbons (Fsp3) is 1.00. The van der Waals surface area contributed by atoms with Crippen molar-refractivity contribution in [2.75, 3.05) is 32.8 Å². The molecule has 0 radical (unpaired) electrons. The first kappa shape index (κ1) is 22.8. The Hall–Kier alpha value is -0.200. The molecule has 0 aliphatic heterocycles. The highest BCUT2D eigenvalue weighted by molar-refractivity contribution is 4.68. The molecule has 0 saturated carbocycles. The van der Waals surface area contributed by atoms with E-state index in [1.54, 1.807) is 0 Å². The van der Waals surface area contributed by atoms with E-state index < -0.39 is 12.2 Å². The number of hydrogen-bond donors (Lipinski definition) is 4. The van der Waals surface area contributed by atoms with Gasteiger partial charge in [0, 0.05) is 13.1 Å². The van der Waals surface area contributed by atoms with Crippen LogP contribution in [0.3, 0.4) is 0 Å². The van der Waals surface area contributed by atoms with Crippen LogP contribution in [0.1, 0.15) is 71.1 Å². The summed E-state index contributed by atoms with van der Waals surface area (Å²) in [5.74, 6) is 0. The van der Waals surface area contributed by atoms with Crippen molar-refractivity contribution in [2.24, 2.45) is 0 Å². The maximum absolute atomic E-state index is 9.54. The van der Waals surface area contributed by atoms with Crippen LogP contribution in [0.4, 0.5) is 0 Å². The number of rotatable bonds is 17. The van der Waals surface area contributed by atoms with Crippen molar-refractivity contribution in [1.29, 1.82) is 0 Å². The predicted molar refractivity (Wildman–Crippen MR) is 94.5 cm³/mol. The lowest BCUT2D eigenvalue weighted by atomic mass is 10.1. The second kappa shape index (κ2) is 16.7. The molecule has 23 heavy (non-hydrogen) atoms. The van der Waals surface area contributed by atoms with Crippen molar-refractivity contribution in [3.05, 3.63) is 0 Å². The van der Waals surface area contributed by atoms with Crippen molar-refractivity contribution in [1.82, 2.24) is 4.90 Å². The molecular weight excluding hydrogens is 294 g/mol. The third-order valence-electron chi connectivity index (χ3n) is 4.19. The summed E-state index contributed by atoms with van der Waals surface area (Å²) in [6, 6.07) is 0. The van der Waals surface area contributed by atoms with Gasteiger partial charge in [0.05, 0.1) is 25.4 Å². The van der Waals surface area contributed by atoms with Crippen molar-refractivity contribution in [3.63, 3.8) is 0 Å². The molecular formula is C18H39NO4. The van der Waals surface area contributed by atoms with E-state index in [9.17, 15) is 10.2 Å². The van der Waals surface area contributed by atoms with E-state index in [1.165, 1.54) is 51.4 Å². The minimum absolute atomic E-state index is 0.274. The smallest absolute Gasteiger partial charge is 0.0897 e. The fourth-order valence-corrected chi connectivity index (χ4v) is 2.79. The Morgan fingerprint density at radius 3 is 1.43 bits per heavy atom. The number of aliphatic hydroxyl groups is 4. The lowest BCUT2D eigenvalue weighted by Crippen LogP contribution is -2.40. The van der Waals surface area contributed by atoms with Gasteiger partial charge in [0.2, 0.25) is 0 Å². The van der Waals surface area contributed by atoms with Crippen molar-refractivity contribution >= 4 is 0 Å². The summed E-state index contributed by atoms with van der Waals surface area (Å²) in [5, 5.41) is 36.9. The molecule has 0 unspecified atom stereocenters. The number of aliphatic hydroxyl groups excluding tert-OH is 4. The Kier molecular flexibility index (Phi) is 16.5. The van der Waals surface area contributed by atoms with Crippen LogP contribution in [0.15, 0.2) is 0 Å². The van der Waals surface area contributed by atoms with Crippen molar-refractivity contribution < 1.29 is 20.4 Å². The van der Waals surface area contributed by atoms with E-state index in [0.717, 1.165) is 19.4 Å². The van der Waals surface area contributed by atoms with E-state index in [0.29, 0.717) is 13.1 Å². The van der Waals surface area contributed by atoms with Gasteiger partial charge in [-0.25, -0.2) is 0 Å². The molecule has 0 heterocycles. The molecule has 140 valence electrons. The van der Waals surface area contributed by atoms with E-state index >= 15 is 0 Å². The van der Waals surface area contributed by atoms with Crippen LogP contribution in [-0.4, -0.2) is 70.4 Å². The van der Waals surface area contributed by atoms with Crippen LogP contribution in [0, 0.1) is 0 Å². The van der Waals surface area contributed by atoms with Gasteiger partial charge in [-0.3, -0.25) is 4.90 Å². The zero-order chi connectivity index (χ0) is 17.3. The quantitative estimate of drug-likeness (QED) is 0.306. The molecule has 0 spiro atoms. The van der Waals surface area contributed by atoms with Gasteiger partial charge in [-0.2, -0.15) is 0 Å². The van der Waals surface area contributed by atoms with Crippen LogP contribution in [0.5, 0.6) is 0 Å². The van der Waals surface area contributed by atoms with Crippen LogP contribution < -0.4 is 0 Å². The van der Waals surface area contributed by atoms with Gasteiger partial charge in [0.1, 0.15) is 0 Å². The highest BCUT2D eigenvalue weighted by atomic mass is 16.3. The first-order valence-corrected chi connectivity index (χ1v) is 9.44. The monoisotopic (exact) mass is 333 g/mol. The Morgan fingerprint density at radius 2 is 1.04 bits per heavy atom. The Labute approximate surface area is 142 Å². The number of unbranched alkanes of at least 4 members (excludes halogenated alkanes) is 9. The summed E-state index contributed by atoms with van der Waals surface area (Å²) in [6.45, 7) is 3.15. The van der Waals surface area contributed by atoms with Gasteiger partial charge < -0.3 is 20.4 Å². The van der Waals surface area contributed by atoms with Crippen molar-refractivity contribution in [3.8, 4) is 0 Å². The average Bonchev–Trinajstić information content (AvgIpc) is 2.55. The molecule has 2 atom stereocenters. The van der Waals surface area contributed by atoms with Gasteiger partial charge in [-0.15, -0.1) is 0 Å². The maximum Gasteiger partial charge on any atom is 0.0897 e. The summed E-state index contributed by atoms with van der Waals surface area (Å²) < 4.78 is 0. The van der Waals surface area contributed by atoms with Gasteiger partial charge >= 0.3 is 0 Å². The molecule has 0 aliphatic carbocycles. The molecule has 5 heteroatoms. The fourth-order valence-electron chi connectivity index (χ4n) is 2.79. The summed E-state index contributed by atoms with van der Waals surface area (Å²) in [4.78, 5) is 1.92.